The van der Waals surface area contributed by atoms with Crippen molar-refractivity contribution in [2.45, 2.75) is 12.8 Å². The van der Waals surface area contributed by atoms with Crippen molar-refractivity contribution in [3.05, 3.63) is 0 Å². The third-order valence-electron chi connectivity index (χ3n) is 3.33. The zero-order valence-electron chi connectivity index (χ0n) is 10.1. The van der Waals surface area contributed by atoms with E-state index in [-0.39, 0.29) is 30.8 Å². The van der Waals surface area contributed by atoms with Crippen LogP contribution in [-0.2, 0) is 9.59 Å². The molecule has 2 N–H and O–H groups in total. The lowest BCUT2D eigenvalue weighted by atomic mass is 10.1. The van der Waals surface area contributed by atoms with Crippen molar-refractivity contribution in [2.75, 3.05) is 32.7 Å². The number of carboxylic acids is 1. The average molecular weight is 255 g/mol. The molecule has 0 spiro atoms. The lowest BCUT2D eigenvalue weighted by molar-refractivity contribution is -0.138. The molecule has 2 heterocycles. The summed E-state index contributed by atoms with van der Waals surface area (Å²) in [6, 6.07) is -0.155. The number of piperazine rings is 1. The first kappa shape index (κ1) is 12.7. The number of carbonyl (C=O) groups is 3. The summed E-state index contributed by atoms with van der Waals surface area (Å²) >= 11 is 0. The van der Waals surface area contributed by atoms with E-state index in [1.807, 2.05) is 0 Å². The fourth-order valence-electron chi connectivity index (χ4n) is 2.42. The normalized spacial score (nSPS) is 24.0. The Bertz CT molecular complexity index is 371. The van der Waals surface area contributed by atoms with Crippen LogP contribution < -0.4 is 5.32 Å². The molecule has 0 bridgehead atoms. The predicted molar refractivity (Wildman–Crippen MR) is 61.9 cm³/mol. The number of urea groups is 1. The van der Waals surface area contributed by atoms with Gasteiger partial charge < -0.3 is 20.2 Å². The van der Waals surface area contributed by atoms with Crippen molar-refractivity contribution >= 4 is 17.9 Å². The topological polar surface area (TPSA) is 89.9 Å². The highest BCUT2D eigenvalue weighted by molar-refractivity contribution is 5.85. The largest absolute Gasteiger partial charge is 0.481 e. The molecular weight excluding hydrogens is 238 g/mol. The molecule has 0 aliphatic carbocycles. The van der Waals surface area contributed by atoms with Crippen LogP contribution in [0.3, 0.4) is 0 Å². The van der Waals surface area contributed by atoms with E-state index in [0.717, 1.165) is 6.42 Å². The van der Waals surface area contributed by atoms with Gasteiger partial charge in [0, 0.05) is 32.6 Å². The molecule has 0 aromatic heterocycles. The average Bonchev–Trinajstić information content (AvgIpc) is 2.75. The predicted octanol–water partition coefficient (Wildman–Crippen LogP) is -0.665. The first-order valence-electron chi connectivity index (χ1n) is 6.08. The molecule has 100 valence electrons. The molecule has 2 rings (SSSR count). The van der Waals surface area contributed by atoms with Crippen molar-refractivity contribution < 1.29 is 19.5 Å². The molecule has 0 aromatic rings. The van der Waals surface area contributed by atoms with Crippen LogP contribution in [0, 0.1) is 5.92 Å². The van der Waals surface area contributed by atoms with Crippen LogP contribution in [-0.4, -0.2) is 65.5 Å². The Labute approximate surface area is 105 Å². The number of hydrogen-bond donors (Lipinski definition) is 2. The maximum atomic E-state index is 12.1. The van der Waals surface area contributed by atoms with Gasteiger partial charge in [0.05, 0.1) is 0 Å². The van der Waals surface area contributed by atoms with Gasteiger partial charge in [-0.25, -0.2) is 4.79 Å². The third kappa shape index (κ3) is 2.91. The van der Waals surface area contributed by atoms with Crippen LogP contribution in [0.2, 0.25) is 0 Å². The van der Waals surface area contributed by atoms with Gasteiger partial charge in [0.1, 0.15) is 6.54 Å². The fourth-order valence-corrected chi connectivity index (χ4v) is 2.42. The molecule has 3 amide bonds. The van der Waals surface area contributed by atoms with Gasteiger partial charge >= 0.3 is 12.0 Å². The molecule has 7 nitrogen and oxygen atoms in total. The Hall–Kier alpha value is -1.79. The van der Waals surface area contributed by atoms with Gasteiger partial charge in [0.15, 0.2) is 0 Å². The summed E-state index contributed by atoms with van der Waals surface area (Å²) in [6.07, 6.45) is 0.822. The zero-order valence-corrected chi connectivity index (χ0v) is 10.1. The summed E-state index contributed by atoms with van der Waals surface area (Å²) in [6.45, 7) is 2.15. The van der Waals surface area contributed by atoms with Crippen LogP contribution in [0.1, 0.15) is 12.8 Å². The van der Waals surface area contributed by atoms with Gasteiger partial charge in [-0.3, -0.25) is 9.59 Å². The van der Waals surface area contributed by atoms with E-state index in [1.54, 1.807) is 4.90 Å². The summed E-state index contributed by atoms with van der Waals surface area (Å²) in [5, 5.41) is 11.4. The van der Waals surface area contributed by atoms with Crippen LogP contribution in [0.15, 0.2) is 0 Å². The summed E-state index contributed by atoms with van der Waals surface area (Å²) in [5.74, 6) is -0.937. The quantitative estimate of drug-likeness (QED) is 0.685. The number of amides is 3. The molecule has 1 atom stereocenters. The molecule has 2 aliphatic heterocycles. The van der Waals surface area contributed by atoms with E-state index in [0.29, 0.717) is 26.2 Å². The lowest BCUT2D eigenvalue weighted by Gasteiger charge is -2.30. The number of nitrogens with one attached hydrogen (secondary N) is 1. The molecular formula is C11H17N3O4. The second-order valence-electron chi connectivity index (χ2n) is 4.75. The number of rotatable bonds is 2. The summed E-state index contributed by atoms with van der Waals surface area (Å²) < 4.78 is 0. The number of hydrogen-bond acceptors (Lipinski definition) is 3. The highest BCUT2D eigenvalue weighted by atomic mass is 16.4. The number of likely N-dealkylation sites (tertiary alicyclic amines) is 1. The van der Waals surface area contributed by atoms with Crippen molar-refractivity contribution in [2.24, 2.45) is 5.92 Å². The minimum Gasteiger partial charge on any atom is -0.481 e. The van der Waals surface area contributed by atoms with E-state index in [1.165, 1.54) is 4.90 Å². The molecule has 0 radical (unpaired) electrons. The third-order valence-corrected chi connectivity index (χ3v) is 3.33. The van der Waals surface area contributed by atoms with E-state index < -0.39 is 5.97 Å². The van der Waals surface area contributed by atoms with Crippen LogP contribution in [0.5, 0.6) is 0 Å². The number of carboxylic acid groups (broad SMARTS) is 1. The van der Waals surface area contributed by atoms with Crippen molar-refractivity contribution in [1.82, 2.24) is 15.1 Å². The molecule has 2 fully saturated rings. The van der Waals surface area contributed by atoms with Gasteiger partial charge in [-0.05, 0) is 12.3 Å². The Morgan fingerprint density at radius 1 is 1.33 bits per heavy atom. The van der Waals surface area contributed by atoms with Gasteiger partial charge in [-0.2, -0.15) is 0 Å². The lowest BCUT2D eigenvalue weighted by Crippen LogP contribution is -2.53. The molecule has 18 heavy (non-hydrogen) atoms. The zero-order chi connectivity index (χ0) is 13.1. The fraction of sp³-hybridized carbons (Fsp3) is 0.727. The van der Waals surface area contributed by atoms with Crippen LogP contribution >= 0.6 is 0 Å². The molecule has 1 unspecified atom stereocenters. The Kier molecular flexibility index (Phi) is 3.69. The van der Waals surface area contributed by atoms with E-state index >= 15 is 0 Å². The highest BCUT2D eigenvalue weighted by Crippen LogP contribution is 2.20. The monoisotopic (exact) mass is 255 g/mol. The van der Waals surface area contributed by atoms with Crippen molar-refractivity contribution in [1.29, 1.82) is 0 Å². The standard InChI is InChI=1S/C11H17N3O4/c15-9-7-14(4-2-12-9)11(18)13-3-1-8(6-13)5-10(16)17/h8H,1-7H2,(H,12,15)(H,16,17). The molecule has 2 aliphatic rings. The molecule has 2 saturated heterocycles. The maximum absolute atomic E-state index is 12.1. The Balaban J connectivity index is 1.86. The van der Waals surface area contributed by atoms with Gasteiger partial charge in [0.25, 0.3) is 0 Å². The molecule has 7 heteroatoms. The second-order valence-corrected chi connectivity index (χ2v) is 4.75. The van der Waals surface area contributed by atoms with Crippen LogP contribution in [0.25, 0.3) is 0 Å². The first-order valence-corrected chi connectivity index (χ1v) is 6.08. The van der Waals surface area contributed by atoms with Gasteiger partial charge in [-0.1, -0.05) is 0 Å². The smallest absolute Gasteiger partial charge is 0.320 e. The van der Waals surface area contributed by atoms with E-state index in [4.69, 9.17) is 5.11 Å². The Morgan fingerprint density at radius 2 is 2.11 bits per heavy atom. The highest BCUT2D eigenvalue weighted by Gasteiger charge is 2.31. The summed E-state index contributed by atoms with van der Waals surface area (Å²) in [7, 11) is 0. The SMILES string of the molecule is O=C(O)CC1CCN(C(=O)N2CCNC(=O)C2)C1. The van der Waals surface area contributed by atoms with Crippen LogP contribution in [0.4, 0.5) is 4.79 Å². The van der Waals surface area contributed by atoms with E-state index in [9.17, 15) is 14.4 Å². The first-order chi connectivity index (χ1) is 8.56. The minimum absolute atomic E-state index is 0.0325. The molecule has 0 aromatic carbocycles. The number of carbonyl (C=O) groups excluding carboxylic acids is 2. The van der Waals surface area contributed by atoms with Gasteiger partial charge in [0.2, 0.25) is 5.91 Å². The second kappa shape index (κ2) is 5.24. The molecule has 0 saturated carbocycles. The van der Waals surface area contributed by atoms with E-state index in [2.05, 4.69) is 5.32 Å². The number of nitrogens with zero attached hydrogens (tertiary/aromatic N) is 2. The van der Waals surface area contributed by atoms with Crippen molar-refractivity contribution in [3.8, 4) is 0 Å². The van der Waals surface area contributed by atoms with Gasteiger partial charge in [-0.15, -0.1) is 0 Å². The maximum Gasteiger partial charge on any atom is 0.320 e. The minimum atomic E-state index is -0.827. The summed E-state index contributed by atoms with van der Waals surface area (Å²) in [4.78, 5) is 37.1. The van der Waals surface area contributed by atoms with Crippen molar-refractivity contribution in [3.63, 3.8) is 0 Å². The number of aliphatic carboxylic acids is 1. The summed E-state index contributed by atoms with van der Waals surface area (Å²) in [5.41, 5.74) is 0. The Morgan fingerprint density at radius 3 is 2.78 bits per heavy atom.